The number of alkyl halides is 3. The number of carbonyl (C=O) groups excluding carboxylic acids is 1. The Labute approximate surface area is 237 Å². The van der Waals surface area contributed by atoms with Crippen LogP contribution in [0.4, 0.5) is 37.7 Å². The van der Waals surface area contributed by atoms with Gasteiger partial charge in [0.05, 0.1) is 29.7 Å². The standard InChI is InChI=1S/C28H28F6N3O4P/c1-42(2,40)23-6-4-3-5-18(23)19-8-10-22(25(31)24(19)30)37-12-16(13-38)26(27(37)39)36-15-41-14-35-21-9-7-17(11-20(21)29)28(32,33)34/h3-11,16,26,35-36,38H,12-15H2,1-2H3/t16?,26-/m1/s1. The van der Waals surface area contributed by atoms with Crippen molar-refractivity contribution in [1.29, 1.82) is 0 Å². The van der Waals surface area contributed by atoms with E-state index in [2.05, 4.69) is 10.6 Å². The number of hydrogen-bond donors (Lipinski definition) is 3. The van der Waals surface area contributed by atoms with Crippen molar-refractivity contribution in [3.05, 3.63) is 77.6 Å². The highest BCUT2D eigenvalue weighted by molar-refractivity contribution is 7.70. The minimum atomic E-state index is -4.69. The van der Waals surface area contributed by atoms with Gasteiger partial charge in [-0.3, -0.25) is 10.1 Å². The number of aliphatic hydroxyl groups is 1. The topological polar surface area (TPSA) is 90.9 Å². The molecule has 1 amide bonds. The molecule has 0 aromatic heterocycles. The number of carbonyl (C=O) groups is 1. The molecule has 226 valence electrons. The van der Waals surface area contributed by atoms with Crippen LogP contribution < -0.4 is 20.8 Å². The maximum absolute atomic E-state index is 15.3. The summed E-state index contributed by atoms with van der Waals surface area (Å²) in [6.45, 7) is 1.81. The first-order chi connectivity index (χ1) is 19.7. The molecule has 2 atom stereocenters. The molecule has 7 nitrogen and oxygen atoms in total. The van der Waals surface area contributed by atoms with E-state index >= 15 is 8.78 Å². The van der Waals surface area contributed by atoms with E-state index < -0.39 is 60.8 Å². The van der Waals surface area contributed by atoms with Gasteiger partial charge in [-0.25, -0.2) is 13.2 Å². The third kappa shape index (κ3) is 6.64. The summed E-state index contributed by atoms with van der Waals surface area (Å²) in [4.78, 5) is 14.1. The molecular formula is C28H28F6N3O4P. The van der Waals surface area contributed by atoms with Crippen LogP contribution in [0.3, 0.4) is 0 Å². The first-order valence-corrected chi connectivity index (χ1v) is 15.3. The van der Waals surface area contributed by atoms with Gasteiger partial charge in [-0.15, -0.1) is 0 Å². The van der Waals surface area contributed by atoms with Gasteiger partial charge in [0.2, 0.25) is 5.91 Å². The van der Waals surface area contributed by atoms with Crippen molar-refractivity contribution in [2.45, 2.75) is 12.2 Å². The summed E-state index contributed by atoms with van der Waals surface area (Å²) in [7, 11) is -2.83. The molecule has 1 unspecified atom stereocenters. The van der Waals surface area contributed by atoms with E-state index in [4.69, 9.17) is 4.74 Å². The van der Waals surface area contributed by atoms with Crippen molar-refractivity contribution in [3.8, 4) is 11.1 Å². The lowest BCUT2D eigenvalue weighted by Gasteiger charge is -2.20. The number of nitrogens with one attached hydrogen (secondary N) is 2. The van der Waals surface area contributed by atoms with Gasteiger partial charge >= 0.3 is 6.18 Å². The molecule has 42 heavy (non-hydrogen) atoms. The first kappa shape index (κ1) is 31.6. The fourth-order valence-corrected chi connectivity index (χ4v) is 5.94. The number of nitrogens with zero attached hydrogens (tertiary/aromatic N) is 1. The molecule has 0 spiro atoms. The van der Waals surface area contributed by atoms with Crippen LogP contribution in [-0.2, 0) is 20.3 Å². The Hall–Kier alpha value is -3.38. The molecule has 3 N–H and O–H groups in total. The zero-order valence-corrected chi connectivity index (χ0v) is 23.4. The summed E-state index contributed by atoms with van der Waals surface area (Å²) >= 11 is 0. The Bertz CT molecular complexity index is 1510. The maximum Gasteiger partial charge on any atom is 0.416 e. The van der Waals surface area contributed by atoms with Crippen LogP contribution >= 0.6 is 7.14 Å². The average molecular weight is 616 g/mol. The molecule has 3 aromatic carbocycles. The van der Waals surface area contributed by atoms with Gasteiger partial charge < -0.3 is 24.6 Å². The fourth-order valence-electron chi connectivity index (χ4n) is 4.72. The Morgan fingerprint density at radius 3 is 2.36 bits per heavy atom. The van der Waals surface area contributed by atoms with Gasteiger partial charge in [-0.1, -0.05) is 24.3 Å². The van der Waals surface area contributed by atoms with E-state index in [0.29, 0.717) is 17.4 Å². The maximum atomic E-state index is 15.3. The number of amides is 1. The molecule has 1 saturated heterocycles. The predicted molar refractivity (Wildman–Crippen MR) is 147 cm³/mol. The molecule has 14 heteroatoms. The van der Waals surface area contributed by atoms with Gasteiger partial charge in [0.25, 0.3) is 0 Å². The first-order valence-electron chi connectivity index (χ1n) is 12.7. The molecule has 1 aliphatic heterocycles. The molecule has 4 rings (SSSR count). The van der Waals surface area contributed by atoms with Gasteiger partial charge in [0, 0.05) is 29.9 Å². The lowest BCUT2D eigenvalue weighted by molar-refractivity contribution is -0.137. The second-order valence-electron chi connectivity index (χ2n) is 10.1. The van der Waals surface area contributed by atoms with E-state index in [1.807, 2.05) is 0 Å². The molecular weight excluding hydrogens is 587 g/mol. The van der Waals surface area contributed by atoms with Gasteiger partial charge in [0.1, 0.15) is 19.7 Å². The minimum Gasteiger partial charge on any atom is -0.396 e. The van der Waals surface area contributed by atoms with Crippen LogP contribution in [0.2, 0.25) is 0 Å². The lowest BCUT2D eigenvalue weighted by Crippen LogP contribution is -2.43. The summed E-state index contributed by atoms with van der Waals surface area (Å²) in [6, 6.07) is 9.87. The molecule has 3 aromatic rings. The van der Waals surface area contributed by atoms with Crippen molar-refractivity contribution in [2.24, 2.45) is 5.92 Å². The number of benzene rings is 3. The summed E-state index contributed by atoms with van der Waals surface area (Å²) in [5.41, 5.74) is -1.55. The van der Waals surface area contributed by atoms with Crippen molar-refractivity contribution in [1.82, 2.24) is 5.32 Å². The van der Waals surface area contributed by atoms with E-state index in [0.717, 1.165) is 11.0 Å². The van der Waals surface area contributed by atoms with Crippen LogP contribution in [0.1, 0.15) is 5.56 Å². The van der Waals surface area contributed by atoms with Crippen LogP contribution in [0.15, 0.2) is 54.6 Å². The third-order valence-corrected chi connectivity index (χ3v) is 8.40. The average Bonchev–Trinajstić information content (AvgIpc) is 3.24. The summed E-state index contributed by atoms with van der Waals surface area (Å²) in [6.07, 6.45) is -4.69. The number of hydrogen-bond acceptors (Lipinski definition) is 6. The highest BCUT2D eigenvalue weighted by Gasteiger charge is 2.42. The normalized spacial score (nSPS) is 17.6. The molecule has 1 aliphatic rings. The second-order valence-corrected chi connectivity index (χ2v) is 13.2. The summed E-state index contributed by atoms with van der Waals surface area (Å²) in [5, 5.41) is 15.4. The monoisotopic (exact) mass is 615 g/mol. The largest absolute Gasteiger partial charge is 0.416 e. The second kappa shape index (κ2) is 12.5. The zero-order chi connectivity index (χ0) is 30.8. The lowest BCUT2D eigenvalue weighted by atomic mass is 10.0. The Morgan fingerprint density at radius 1 is 1.00 bits per heavy atom. The Kier molecular flexibility index (Phi) is 9.36. The van der Waals surface area contributed by atoms with Gasteiger partial charge in [-0.2, -0.15) is 13.2 Å². The highest BCUT2D eigenvalue weighted by atomic mass is 31.2. The molecule has 0 radical (unpaired) electrons. The molecule has 1 heterocycles. The minimum absolute atomic E-state index is 0.110. The molecule has 0 saturated carbocycles. The van der Waals surface area contributed by atoms with Crippen molar-refractivity contribution < 1.29 is 45.5 Å². The highest BCUT2D eigenvalue weighted by Crippen LogP contribution is 2.41. The zero-order valence-electron chi connectivity index (χ0n) is 22.5. The molecule has 0 aliphatic carbocycles. The van der Waals surface area contributed by atoms with E-state index in [9.17, 15) is 32.0 Å². The number of halogens is 6. The Balaban J connectivity index is 1.42. The predicted octanol–water partition coefficient (Wildman–Crippen LogP) is 4.99. The number of rotatable bonds is 10. The number of ether oxygens (including phenoxy) is 1. The quantitative estimate of drug-likeness (QED) is 0.129. The van der Waals surface area contributed by atoms with E-state index in [-0.39, 0.29) is 42.5 Å². The molecule has 0 bridgehead atoms. The van der Waals surface area contributed by atoms with Crippen LogP contribution in [0.5, 0.6) is 0 Å². The fraction of sp³-hybridized carbons (Fsp3) is 0.321. The van der Waals surface area contributed by atoms with Crippen molar-refractivity contribution >= 4 is 29.7 Å². The third-order valence-electron chi connectivity index (χ3n) is 6.85. The number of aliphatic hydroxyl groups excluding tert-OH is 1. The smallest absolute Gasteiger partial charge is 0.396 e. The van der Waals surface area contributed by atoms with Crippen molar-refractivity contribution in [2.75, 3.05) is 50.2 Å². The molecule has 1 fully saturated rings. The van der Waals surface area contributed by atoms with Crippen LogP contribution in [-0.4, -0.2) is 57.0 Å². The van der Waals surface area contributed by atoms with Gasteiger partial charge in [0.15, 0.2) is 11.6 Å². The summed E-state index contributed by atoms with van der Waals surface area (Å²) in [5.74, 6) is -5.00. The SMILES string of the molecule is CP(C)(=O)c1ccccc1-c1ccc(N2CC(CO)[C@@H](NCOCNc3ccc(C(F)(F)F)cc3F)C2=O)c(F)c1F. The summed E-state index contributed by atoms with van der Waals surface area (Å²) < 4.78 is 101. The Morgan fingerprint density at radius 2 is 1.71 bits per heavy atom. The van der Waals surface area contributed by atoms with Crippen molar-refractivity contribution in [3.63, 3.8) is 0 Å². The van der Waals surface area contributed by atoms with E-state index in [1.54, 1.807) is 18.2 Å². The van der Waals surface area contributed by atoms with Crippen LogP contribution in [0.25, 0.3) is 11.1 Å². The number of anilines is 2. The van der Waals surface area contributed by atoms with Gasteiger partial charge in [-0.05, 0) is 49.2 Å². The van der Waals surface area contributed by atoms with Crippen LogP contribution in [0, 0.1) is 23.4 Å². The van der Waals surface area contributed by atoms with E-state index in [1.165, 1.54) is 31.5 Å².